The molecule has 12 heavy (non-hydrogen) atoms. The van der Waals surface area contributed by atoms with Crippen molar-refractivity contribution in [3.8, 4) is 0 Å². The summed E-state index contributed by atoms with van der Waals surface area (Å²) in [6, 6.07) is 3.72. The molecule has 0 bridgehead atoms. The zero-order valence-corrected chi connectivity index (χ0v) is 6.45. The standard InChI is InChI=1S/C8H9N3O/c12-8-7(5-10-11-8)6-1-3-9-4-2-6/h1-4,7,10H,5H2,(H,11,12)/t7-/m1/s1. The lowest BCUT2D eigenvalue weighted by Crippen LogP contribution is -2.25. The van der Waals surface area contributed by atoms with Crippen molar-refractivity contribution in [1.82, 2.24) is 15.8 Å². The van der Waals surface area contributed by atoms with Gasteiger partial charge in [-0.25, -0.2) is 5.43 Å². The normalized spacial score (nSPS) is 22.3. The molecule has 62 valence electrons. The average molecular weight is 163 g/mol. The molecule has 0 aliphatic carbocycles. The number of nitrogens with zero attached hydrogens (tertiary/aromatic N) is 1. The Kier molecular flexibility index (Phi) is 1.75. The zero-order valence-electron chi connectivity index (χ0n) is 6.45. The van der Waals surface area contributed by atoms with Gasteiger partial charge in [-0.1, -0.05) is 0 Å². The molecule has 4 heteroatoms. The highest BCUT2D eigenvalue weighted by Crippen LogP contribution is 2.15. The predicted molar refractivity (Wildman–Crippen MR) is 43.1 cm³/mol. The summed E-state index contributed by atoms with van der Waals surface area (Å²) >= 11 is 0. The Balaban J connectivity index is 2.25. The number of hydrogen-bond donors (Lipinski definition) is 2. The minimum absolute atomic E-state index is 0.0289. The first-order chi connectivity index (χ1) is 5.88. The van der Waals surface area contributed by atoms with Crippen molar-refractivity contribution in [3.05, 3.63) is 30.1 Å². The molecule has 2 N–H and O–H groups in total. The third-order valence-electron chi connectivity index (χ3n) is 1.94. The summed E-state index contributed by atoms with van der Waals surface area (Å²) in [5, 5.41) is 0. The molecule has 1 aromatic heterocycles. The quantitative estimate of drug-likeness (QED) is 0.602. The van der Waals surface area contributed by atoms with Crippen molar-refractivity contribution < 1.29 is 4.79 Å². The highest BCUT2D eigenvalue weighted by Gasteiger charge is 2.25. The summed E-state index contributed by atoms with van der Waals surface area (Å²) < 4.78 is 0. The van der Waals surface area contributed by atoms with Gasteiger partial charge in [0.2, 0.25) is 5.91 Å². The van der Waals surface area contributed by atoms with E-state index in [1.807, 2.05) is 12.1 Å². The van der Waals surface area contributed by atoms with Crippen LogP contribution >= 0.6 is 0 Å². The minimum atomic E-state index is -0.0620. The van der Waals surface area contributed by atoms with Crippen LogP contribution in [0.5, 0.6) is 0 Å². The molecular weight excluding hydrogens is 154 g/mol. The highest BCUT2D eigenvalue weighted by atomic mass is 16.2. The summed E-state index contributed by atoms with van der Waals surface area (Å²) in [4.78, 5) is 15.1. The number of carbonyl (C=O) groups is 1. The molecular formula is C8H9N3O. The monoisotopic (exact) mass is 163 g/mol. The number of pyridine rings is 1. The van der Waals surface area contributed by atoms with E-state index < -0.39 is 0 Å². The van der Waals surface area contributed by atoms with Crippen molar-refractivity contribution >= 4 is 5.91 Å². The summed E-state index contributed by atoms with van der Waals surface area (Å²) in [6.07, 6.45) is 3.39. The van der Waals surface area contributed by atoms with Crippen LogP contribution in [0.3, 0.4) is 0 Å². The van der Waals surface area contributed by atoms with Gasteiger partial charge in [0, 0.05) is 18.9 Å². The van der Waals surface area contributed by atoms with Gasteiger partial charge >= 0.3 is 0 Å². The summed E-state index contributed by atoms with van der Waals surface area (Å²) in [5.74, 6) is -0.0331. The zero-order chi connectivity index (χ0) is 8.39. The van der Waals surface area contributed by atoms with E-state index in [0.29, 0.717) is 6.54 Å². The Bertz CT molecular complexity index is 286. The van der Waals surface area contributed by atoms with Crippen LogP contribution < -0.4 is 10.9 Å². The van der Waals surface area contributed by atoms with Crippen LogP contribution in [0.2, 0.25) is 0 Å². The molecule has 1 fully saturated rings. The molecule has 0 aromatic carbocycles. The molecule has 1 aliphatic rings. The number of rotatable bonds is 1. The summed E-state index contributed by atoms with van der Waals surface area (Å²) in [5.41, 5.74) is 6.37. The van der Waals surface area contributed by atoms with Gasteiger partial charge in [0.25, 0.3) is 0 Å². The fourth-order valence-electron chi connectivity index (χ4n) is 1.29. The van der Waals surface area contributed by atoms with E-state index >= 15 is 0 Å². The Morgan fingerprint density at radius 1 is 1.42 bits per heavy atom. The first-order valence-electron chi connectivity index (χ1n) is 3.80. The maximum Gasteiger partial charge on any atom is 0.242 e. The fourth-order valence-corrected chi connectivity index (χ4v) is 1.29. The first kappa shape index (κ1) is 7.24. The van der Waals surface area contributed by atoms with Gasteiger partial charge in [0.15, 0.2) is 0 Å². The van der Waals surface area contributed by atoms with Crippen LogP contribution in [-0.2, 0) is 4.79 Å². The van der Waals surface area contributed by atoms with Gasteiger partial charge in [0.05, 0.1) is 5.92 Å². The van der Waals surface area contributed by atoms with Crippen molar-refractivity contribution in [1.29, 1.82) is 0 Å². The molecule has 0 radical (unpaired) electrons. The molecule has 0 saturated carbocycles. The lowest BCUT2D eigenvalue weighted by molar-refractivity contribution is -0.120. The van der Waals surface area contributed by atoms with Crippen molar-refractivity contribution in [2.24, 2.45) is 0 Å². The van der Waals surface area contributed by atoms with E-state index in [1.54, 1.807) is 12.4 Å². The minimum Gasteiger partial charge on any atom is -0.291 e. The number of aromatic nitrogens is 1. The largest absolute Gasteiger partial charge is 0.291 e. The Hall–Kier alpha value is -1.42. The second-order valence-corrected chi connectivity index (χ2v) is 2.70. The van der Waals surface area contributed by atoms with Crippen LogP contribution in [0.1, 0.15) is 11.5 Å². The molecule has 1 aromatic rings. The Morgan fingerprint density at radius 3 is 2.75 bits per heavy atom. The molecule has 4 nitrogen and oxygen atoms in total. The van der Waals surface area contributed by atoms with Crippen molar-refractivity contribution in [2.75, 3.05) is 6.54 Å². The highest BCUT2D eigenvalue weighted by molar-refractivity contribution is 5.85. The van der Waals surface area contributed by atoms with Gasteiger partial charge < -0.3 is 0 Å². The third-order valence-corrected chi connectivity index (χ3v) is 1.94. The molecule has 0 unspecified atom stereocenters. The predicted octanol–water partition coefficient (Wildman–Crippen LogP) is -0.200. The Morgan fingerprint density at radius 2 is 2.17 bits per heavy atom. The molecule has 0 spiro atoms. The van der Waals surface area contributed by atoms with E-state index in [1.165, 1.54) is 0 Å². The molecule has 2 heterocycles. The van der Waals surface area contributed by atoms with E-state index in [4.69, 9.17) is 0 Å². The maximum absolute atomic E-state index is 11.2. The van der Waals surface area contributed by atoms with E-state index in [0.717, 1.165) is 5.56 Å². The molecule has 2 rings (SSSR count). The number of hydrazine groups is 1. The molecule has 1 amide bonds. The lowest BCUT2D eigenvalue weighted by Gasteiger charge is -2.03. The van der Waals surface area contributed by atoms with Crippen LogP contribution in [0.25, 0.3) is 0 Å². The van der Waals surface area contributed by atoms with Gasteiger partial charge in [-0.2, -0.15) is 0 Å². The van der Waals surface area contributed by atoms with Crippen LogP contribution in [-0.4, -0.2) is 17.4 Å². The summed E-state index contributed by atoms with van der Waals surface area (Å²) in [7, 11) is 0. The molecule has 1 aliphatic heterocycles. The molecule has 1 saturated heterocycles. The van der Waals surface area contributed by atoms with Gasteiger partial charge in [-0.3, -0.25) is 15.2 Å². The number of amides is 1. The van der Waals surface area contributed by atoms with E-state index in [-0.39, 0.29) is 11.8 Å². The SMILES string of the molecule is O=C1NNC[C@@H]1c1ccncc1. The second-order valence-electron chi connectivity index (χ2n) is 2.70. The smallest absolute Gasteiger partial charge is 0.242 e. The Labute approximate surface area is 70.0 Å². The van der Waals surface area contributed by atoms with Crippen LogP contribution in [0.4, 0.5) is 0 Å². The molecule has 1 atom stereocenters. The first-order valence-corrected chi connectivity index (χ1v) is 3.80. The lowest BCUT2D eigenvalue weighted by atomic mass is 10.0. The van der Waals surface area contributed by atoms with Crippen molar-refractivity contribution in [2.45, 2.75) is 5.92 Å². The second kappa shape index (κ2) is 2.91. The van der Waals surface area contributed by atoms with Crippen LogP contribution in [0, 0.1) is 0 Å². The van der Waals surface area contributed by atoms with E-state index in [9.17, 15) is 4.79 Å². The third kappa shape index (κ3) is 1.16. The van der Waals surface area contributed by atoms with Gasteiger partial charge in [-0.05, 0) is 17.7 Å². The number of carbonyl (C=O) groups excluding carboxylic acids is 1. The number of hydrogen-bond acceptors (Lipinski definition) is 3. The number of nitrogens with one attached hydrogen (secondary N) is 2. The maximum atomic E-state index is 11.2. The van der Waals surface area contributed by atoms with Gasteiger partial charge in [0.1, 0.15) is 0 Å². The van der Waals surface area contributed by atoms with Crippen LogP contribution in [0.15, 0.2) is 24.5 Å². The topological polar surface area (TPSA) is 54.0 Å². The average Bonchev–Trinajstić information content (AvgIpc) is 2.53. The van der Waals surface area contributed by atoms with Gasteiger partial charge in [-0.15, -0.1) is 0 Å². The van der Waals surface area contributed by atoms with Crippen molar-refractivity contribution in [3.63, 3.8) is 0 Å². The summed E-state index contributed by atoms with van der Waals surface area (Å²) in [6.45, 7) is 0.656. The van der Waals surface area contributed by atoms with E-state index in [2.05, 4.69) is 15.8 Å². The fraction of sp³-hybridized carbons (Fsp3) is 0.250.